The second kappa shape index (κ2) is 5.05. The molecule has 4 N–H and O–H groups in total. The Balaban J connectivity index is 2.78. The third-order valence-electron chi connectivity index (χ3n) is 1.89. The van der Waals surface area contributed by atoms with Crippen molar-refractivity contribution in [3.8, 4) is 5.75 Å². The number of primary amides is 1. The van der Waals surface area contributed by atoms with E-state index in [1.807, 2.05) is 6.07 Å². The van der Waals surface area contributed by atoms with E-state index in [1.165, 1.54) is 0 Å². The van der Waals surface area contributed by atoms with E-state index in [-0.39, 0.29) is 12.3 Å². The number of rotatable bonds is 4. The minimum Gasteiger partial charge on any atom is -0.495 e. The normalized spacial score (nSPS) is 10.5. The van der Waals surface area contributed by atoms with Gasteiger partial charge in [-0.25, -0.2) is 0 Å². The maximum Gasteiger partial charge on any atom is 0.221 e. The molecule has 1 aromatic rings. The fourth-order valence-corrected chi connectivity index (χ4v) is 1.14. The molecule has 15 heavy (non-hydrogen) atoms. The minimum absolute atomic E-state index is 0.229. The van der Waals surface area contributed by atoms with Crippen molar-refractivity contribution < 1.29 is 9.53 Å². The molecule has 4 nitrogen and oxygen atoms in total. The van der Waals surface area contributed by atoms with Crippen molar-refractivity contribution in [3.63, 3.8) is 0 Å². The summed E-state index contributed by atoms with van der Waals surface area (Å²) in [6.07, 6.45) is 3.73. The van der Waals surface area contributed by atoms with Gasteiger partial charge in [-0.1, -0.05) is 18.2 Å². The standard InChI is InChI=1S/C11H14N2O2/c1-15-10-7-8(5-6-9(10)12)3-2-4-11(13)14/h2-3,5-7H,4,12H2,1H3,(H2,13,14). The highest BCUT2D eigenvalue weighted by molar-refractivity contribution is 5.76. The minimum atomic E-state index is -0.353. The van der Waals surface area contributed by atoms with Crippen LogP contribution in [0.3, 0.4) is 0 Å². The van der Waals surface area contributed by atoms with Crippen LogP contribution in [0.1, 0.15) is 12.0 Å². The SMILES string of the molecule is COc1cc(C=CCC(N)=O)ccc1N. The fourth-order valence-electron chi connectivity index (χ4n) is 1.14. The third kappa shape index (κ3) is 3.34. The number of benzene rings is 1. The zero-order chi connectivity index (χ0) is 11.3. The molecule has 0 saturated carbocycles. The van der Waals surface area contributed by atoms with E-state index >= 15 is 0 Å². The number of hydrogen-bond acceptors (Lipinski definition) is 3. The molecule has 80 valence electrons. The molecule has 0 atom stereocenters. The molecule has 0 fully saturated rings. The van der Waals surface area contributed by atoms with E-state index in [0.717, 1.165) is 5.56 Å². The molecule has 4 heteroatoms. The predicted octanol–water partition coefficient (Wildman–Crippen LogP) is 1.17. The lowest BCUT2D eigenvalue weighted by Crippen LogP contribution is -2.07. The number of amides is 1. The van der Waals surface area contributed by atoms with Crippen LogP contribution >= 0.6 is 0 Å². The fraction of sp³-hybridized carbons (Fsp3) is 0.182. The lowest BCUT2D eigenvalue weighted by atomic mass is 10.1. The van der Waals surface area contributed by atoms with Crippen LogP contribution in [0.15, 0.2) is 24.3 Å². The monoisotopic (exact) mass is 206 g/mol. The number of carbonyl (C=O) groups is 1. The van der Waals surface area contributed by atoms with Crippen molar-refractivity contribution in [2.24, 2.45) is 5.73 Å². The first-order valence-electron chi connectivity index (χ1n) is 4.52. The third-order valence-corrected chi connectivity index (χ3v) is 1.89. The summed E-state index contributed by atoms with van der Waals surface area (Å²) in [5.41, 5.74) is 12.2. The number of methoxy groups -OCH3 is 1. The summed E-state index contributed by atoms with van der Waals surface area (Å²) in [6, 6.07) is 5.39. The Morgan fingerprint density at radius 1 is 1.53 bits per heavy atom. The van der Waals surface area contributed by atoms with Gasteiger partial charge in [0.05, 0.1) is 12.8 Å². The highest BCUT2D eigenvalue weighted by Crippen LogP contribution is 2.22. The summed E-state index contributed by atoms with van der Waals surface area (Å²) < 4.78 is 5.06. The van der Waals surface area contributed by atoms with Crippen LogP contribution in [0.4, 0.5) is 5.69 Å². The average molecular weight is 206 g/mol. The number of nitrogens with two attached hydrogens (primary N) is 2. The van der Waals surface area contributed by atoms with Gasteiger partial charge in [0.25, 0.3) is 0 Å². The Morgan fingerprint density at radius 2 is 2.27 bits per heavy atom. The first-order valence-corrected chi connectivity index (χ1v) is 4.52. The van der Waals surface area contributed by atoms with Gasteiger partial charge in [-0.05, 0) is 17.7 Å². The second-order valence-electron chi connectivity index (χ2n) is 3.07. The van der Waals surface area contributed by atoms with Gasteiger partial charge in [0.15, 0.2) is 0 Å². The van der Waals surface area contributed by atoms with E-state index < -0.39 is 0 Å². The molecule has 0 bridgehead atoms. The predicted molar refractivity (Wildman–Crippen MR) is 60.3 cm³/mol. The van der Waals surface area contributed by atoms with Crippen LogP contribution in [0.5, 0.6) is 5.75 Å². The summed E-state index contributed by atoms with van der Waals surface area (Å²) in [5, 5.41) is 0. The molecule has 0 saturated heterocycles. The summed E-state index contributed by atoms with van der Waals surface area (Å²) in [7, 11) is 1.56. The quantitative estimate of drug-likeness (QED) is 0.726. The van der Waals surface area contributed by atoms with E-state index in [4.69, 9.17) is 16.2 Å². The molecule has 0 aliphatic rings. The van der Waals surface area contributed by atoms with Crippen LogP contribution < -0.4 is 16.2 Å². The molecule has 0 spiro atoms. The first-order chi connectivity index (χ1) is 7.13. The maximum absolute atomic E-state index is 10.5. The Hall–Kier alpha value is -1.97. The molecule has 0 radical (unpaired) electrons. The Bertz CT molecular complexity index is 386. The number of carbonyl (C=O) groups excluding carboxylic acids is 1. The van der Waals surface area contributed by atoms with Gasteiger partial charge in [-0.15, -0.1) is 0 Å². The highest BCUT2D eigenvalue weighted by atomic mass is 16.5. The van der Waals surface area contributed by atoms with Crippen molar-refractivity contribution in [1.29, 1.82) is 0 Å². The molecule has 1 amide bonds. The van der Waals surface area contributed by atoms with E-state index in [0.29, 0.717) is 11.4 Å². The van der Waals surface area contributed by atoms with Crippen molar-refractivity contribution >= 4 is 17.7 Å². The lowest BCUT2D eigenvalue weighted by molar-refractivity contribution is -0.117. The van der Waals surface area contributed by atoms with Gasteiger partial charge >= 0.3 is 0 Å². The van der Waals surface area contributed by atoms with Crippen molar-refractivity contribution in [1.82, 2.24) is 0 Å². The molecule has 0 aromatic heterocycles. The summed E-state index contributed by atoms with van der Waals surface area (Å²) >= 11 is 0. The van der Waals surface area contributed by atoms with Gasteiger partial charge in [-0.2, -0.15) is 0 Å². The zero-order valence-corrected chi connectivity index (χ0v) is 8.57. The van der Waals surface area contributed by atoms with Crippen molar-refractivity contribution in [3.05, 3.63) is 29.8 Å². The van der Waals surface area contributed by atoms with E-state index in [9.17, 15) is 4.79 Å². The molecule has 0 aliphatic heterocycles. The van der Waals surface area contributed by atoms with Crippen LogP contribution in [0.2, 0.25) is 0 Å². The van der Waals surface area contributed by atoms with E-state index in [1.54, 1.807) is 31.4 Å². The Morgan fingerprint density at radius 3 is 2.87 bits per heavy atom. The Labute approximate surface area is 88.5 Å². The average Bonchev–Trinajstić information content (AvgIpc) is 2.20. The lowest BCUT2D eigenvalue weighted by Gasteiger charge is -2.04. The summed E-state index contributed by atoms with van der Waals surface area (Å²) in [6.45, 7) is 0. The number of hydrogen-bond donors (Lipinski definition) is 2. The van der Waals surface area contributed by atoms with Crippen LogP contribution in [0.25, 0.3) is 6.08 Å². The molecule has 1 aromatic carbocycles. The zero-order valence-electron chi connectivity index (χ0n) is 8.57. The smallest absolute Gasteiger partial charge is 0.221 e. The molecule has 0 aliphatic carbocycles. The van der Waals surface area contributed by atoms with Crippen LogP contribution in [-0.2, 0) is 4.79 Å². The maximum atomic E-state index is 10.5. The molecular weight excluding hydrogens is 192 g/mol. The Kier molecular flexibility index (Phi) is 3.74. The van der Waals surface area contributed by atoms with Crippen LogP contribution in [0, 0.1) is 0 Å². The number of anilines is 1. The van der Waals surface area contributed by atoms with Gasteiger partial charge < -0.3 is 16.2 Å². The number of ether oxygens (including phenoxy) is 1. The second-order valence-corrected chi connectivity index (χ2v) is 3.07. The van der Waals surface area contributed by atoms with Gasteiger partial charge in [0.1, 0.15) is 5.75 Å². The molecule has 1 rings (SSSR count). The van der Waals surface area contributed by atoms with Crippen molar-refractivity contribution in [2.75, 3.05) is 12.8 Å². The number of nitrogen functional groups attached to an aromatic ring is 1. The first kappa shape index (κ1) is 11.1. The summed E-state index contributed by atoms with van der Waals surface area (Å²) in [5.74, 6) is 0.268. The largest absolute Gasteiger partial charge is 0.495 e. The summed E-state index contributed by atoms with van der Waals surface area (Å²) in [4.78, 5) is 10.5. The molecule has 0 heterocycles. The topological polar surface area (TPSA) is 78.3 Å². The highest BCUT2D eigenvalue weighted by Gasteiger charge is 1.98. The van der Waals surface area contributed by atoms with E-state index in [2.05, 4.69) is 0 Å². The molecule has 0 unspecified atom stereocenters. The van der Waals surface area contributed by atoms with Gasteiger partial charge in [-0.3, -0.25) is 4.79 Å². The van der Waals surface area contributed by atoms with Crippen molar-refractivity contribution in [2.45, 2.75) is 6.42 Å². The van der Waals surface area contributed by atoms with Gasteiger partial charge in [0.2, 0.25) is 5.91 Å². The van der Waals surface area contributed by atoms with Gasteiger partial charge in [0, 0.05) is 6.42 Å². The molecular formula is C11H14N2O2. The van der Waals surface area contributed by atoms with Crippen LogP contribution in [-0.4, -0.2) is 13.0 Å².